The molecule has 5 aromatic rings. The van der Waals surface area contributed by atoms with Gasteiger partial charge in [-0.05, 0) is 77.9 Å². The van der Waals surface area contributed by atoms with Crippen LogP contribution >= 0.6 is 0 Å². The van der Waals surface area contributed by atoms with Gasteiger partial charge in [0, 0.05) is 24.3 Å². The maximum absolute atomic E-state index is 14.0. The highest BCUT2D eigenvalue weighted by atomic mass is 32.2. The van der Waals surface area contributed by atoms with E-state index in [1.807, 2.05) is 36.4 Å². The van der Waals surface area contributed by atoms with Crippen LogP contribution in [-0.4, -0.2) is 46.0 Å². The molecule has 50 heavy (non-hydrogen) atoms. The number of rotatable bonds is 15. The Morgan fingerprint density at radius 2 is 1.40 bits per heavy atom. The minimum atomic E-state index is -3.97. The van der Waals surface area contributed by atoms with Gasteiger partial charge in [-0.15, -0.1) is 0 Å². The van der Waals surface area contributed by atoms with Crippen LogP contribution in [0.25, 0.3) is 0 Å². The lowest BCUT2D eigenvalue weighted by Crippen LogP contribution is -2.45. The van der Waals surface area contributed by atoms with Crippen molar-refractivity contribution in [2.45, 2.75) is 24.0 Å². The first-order valence-electron chi connectivity index (χ1n) is 15.5. The number of ether oxygens (including phenoxy) is 3. The molecule has 0 heterocycles. The van der Waals surface area contributed by atoms with E-state index in [9.17, 15) is 22.4 Å². The lowest BCUT2D eigenvalue weighted by molar-refractivity contribution is -0.143. The SMILES string of the molecule is COc1ccc(CN(C(=O)COc2ccc(S(=O)(=O)Nc3ccc(F)cc3)cc2)[C@H](C(=O)NCc2ccccc2OC)c2ccccc2)cc1. The Morgan fingerprint density at radius 3 is 2.06 bits per heavy atom. The van der Waals surface area contributed by atoms with E-state index in [1.165, 1.54) is 41.3 Å². The maximum atomic E-state index is 14.0. The quantitative estimate of drug-likeness (QED) is 0.135. The van der Waals surface area contributed by atoms with Crippen molar-refractivity contribution in [1.82, 2.24) is 10.2 Å². The summed E-state index contributed by atoms with van der Waals surface area (Å²) in [7, 11) is -0.858. The van der Waals surface area contributed by atoms with Gasteiger partial charge in [-0.2, -0.15) is 0 Å². The molecule has 5 aromatic carbocycles. The molecule has 5 rings (SSSR count). The Balaban J connectivity index is 1.37. The summed E-state index contributed by atoms with van der Waals surface area (Å²) in [4.78, 5) is 29.4. The zero-order valence-electron chi connectivity index (χ0n) is 27.4. The second kappa shape index (κ2) is 16.5. The summed E-state index contributed by atoms with van der Waals surface area (Å²) in [6.45, 7) is -0.211. The molecule has 0 aromatic heterocycles. The Morgan fingerprint density at radius 1 is 0.760 bits per heavy atom. The molecular weight excluding hydrogens is 661 g/mol. The fourth-order valence-corrected chi connectivity index (χ4v) is 6.22. The topological polar surface area (TPSA) is 123 Å². The number of nitrogens with zero attached hydrogens (tertiary/aromatic N) is 1. The maximum Gasteiger partial charge on any atom is 0.261 e. The van der Waals surface area contributed by atoms with Crippen molar-refractivity contribution in [1.29, 1.82) is 0 Å². The molecule has 0 fully saturated rings. The van der Waals surface area contributed by atoms with Crippen LogP contribution in [0.4, 0.5) is 10.1 Å². The predicted molar refractivity (Wildman–Crippen MR) is 187 cm³/mol. The van der Waals surface area contributed by atoms with Gasteiger partial charge in [-0.3, -0.25) is 14.3 Å². The van der Waals surface area contributed by atoms with E-state index < -0.39 is 40.3 Å². The molecule has 0 saturated carbocycles. The van der Waals surface area contributed by atoms with Crippen LogP contribution < -0.4 is 24.2 Å². The molecule has 0 aliphatic rings. The van der Waals surface area contributed by atoms with Crippen molar-refractivity contribution in [3.05, 3.63) is 150 Å². The van der Waals surface area contributed by atoms with Crippen LogP contribution in [0, 0.1) is 5.82 Å². The van der Waals surface area contributed by atoms with Crippen molar-refractivity contribution in [2.24, 2.45) is 0 Å². The lowest BCUT2D eigenvalue weighted by atomic mass is 10.0. The van der Waals surface area contributed by atoms with E-state index in [1.54, 1.807) is 56.7 Å². The van der Waals surface area contributed by atoms with Crippen LogP contribution in [0.3, 0.4) is 0 Å². The van der Waals surface area contributed by atoms with E-state index in [2.05, 4.69) is 10.0 Å². The average molecular weight is 698 g/mol. The Bertz CT molecular complexity index is 1990. The number of hydrogen-bond acceptors (Lipinski definition) is 7. The molecule has 0 unspecified atom stereocenters. The number of benzene rings is 5. The molecule has 258 valence electrons. The number of anilines is 1. The minimum absolute atomic E-state index is 0.0579. The van der Waals surface area contributed by atoms with Gasteiger partial charge in [0.25, 0.3) is 15.9 Å². The smallest absolute Gasteiger partial charge is 0.261 e. The summed E-state index contributed by atoms with van der Waals surface area (Å²) in [5, 5.41) is 2.97. The van der Waals surface area contributed by atoms with Crippen LogP contribution in [0.5, 0.6) is 17.2 Å². The zero-order valence-corrected chi connectivity index (χ0v) is 28.2. The first kappa shape index (κ1) is 35.4. The van der Waals surface area contributed by atoms with Crippen LogP contribution in [0.15, 0.2) is 132 Å². The first-order valence-corrected chi connectivity index (χ1v) is 17.0. The number of para-hydroxylation sites is 1. The van der Waals surface area contributed by atoms with Crippen molar-refractivity contribution >= 4 is 27.5 Å². The molecule has 0 aliphatic heterocycles. The van der Waals surface area contributed by atoms with Crippen molar-refractivity contribution < 1.29 is 36.6 Å². The standard InChI is InChI=1S/C38H36FN3O7S/c1-47-32-18-12-27(13-19-32)25-42(37(28-8-4-3-5-9-28)38(44)40-24-29-10-6-7-11-35(29)48-2)36(43)26-49-33-20-22-34(23-21-33)50(45,46)41-31-16-14-30(39)15-17-31/h3-23,37,41H,24-26H2,1-2H3,(H,40,44)/t37-/m0/s1. The summed E-state index contributed by atoms with van der Waals surface area (Å²) in [5.41, 5.74) is 2.31. The Kier molecular flexibility index (Phi) is 11.7. The van der Waals surface area contributed by atoms with Gasteiger partial charge in [-0.25, -0.2) is 12.8 Å². The van der Waals surface area contributed by atoms with Gasteiger partial charge >= 0.3 is 0 Å². The number of carbonyl (C=O) groups excluding carboxylic acids is 2. The normalized spacial score (nSPS) is 11.6. The molecule has 2 amide bonds. The van der Waals surface area contributed by atoms with E-state index >= 15 is 0 Å². The van der Waals surface area contributed by atoms with E-state index in [0.717, 1.165) is 23.3 Å². The molecule has 2 N–H and O–H groups in total. The number of sulfonamides is 1. The number of amides is 2. The molecule has 0 saturated heterocycles. The molecule has 12 heteroatoms. The minimum Gasteiger partial charge on any atom is -0.497 e. The Hall–Kier alpha value is -5.88. The molecule has 1 atom stereocenters. The second-order valence-corrected chi connectivity index (χ2v) is 12.8. The molecular formula is C38H36FN3O7S. The first-order chi connectivity index (χ1) is 24.2. The van der Waals surface area contributed by atoms with Crippen molar-refractivity contribution in [2.75, 3.05) is 25.5 Å². The molecule has 0 bridgehead atoms. The third-order valence-electron chi connectivity index (χ3n) is 7.75. The predicted octanol–water partition coefficient (Wildman–Crippen LogP) is 6.11. The highest BCUT2D eigenvalue weighted by Gasteiger charge is 2.32. The summed E-state index contributed by atoms with van der Waals surface area (Å²) >= 11 is 0. The van der Waals surface area contributed by atoms with Gasteiger partial charge in [-0.1, -0.05) is 60.7 Å². The summed E-state index contributed by atoms with van der Waals surface area (Å²) in [6, 6.07) is 32.9. The average Bonchev–Trinajstić information content (AvgIpc) is 3.14. The highest BCUT2D eigenvalue weighted by Crippen LogP contribution is 2.27. The Labute approximate surface area is 290 Å². The monoisotopic (exact) mass is 697 g/mol. The summed E-state index contributed by atoms with van der Waals surface area (Å²) in [5.74, 6) is 0.107. The molecule has 0 aliphatic carbocycles. The van der Waals surface area contributed by atoms with Gasteiger partial charge < -0.3 is 24.4 Å². The second-order valence-electron chi connectivity index (χ2n) is 11.1. The fourth-order valence-electron chi connectivity index (χ4n) is 5.16. The zero-order chi connectivity index (χ0) is 35.5. The fraction of sp³-hybridized carbons (Fsp3) is 0.158. The lowest BCUT2D eigenvalue weighted by Gasteiger charge is -2.31. The molecule has 10 nitrogen and oxygen atoms in total. The van der Waals surface area contributed by atoms with Gasteiger partial charge in [0.15, 0.2) is 6.61 Å². The van der Waals surface area contributed by atoms with Crippen LogP contribution in [-0.2, 0) is 32.7 Å². The number of halogens is 1. The van der Waals surface area contributed by atoms with E-state index in [-0.39, 0.29) is 29.4 Å². The van der Waals surface area contributed by atoms with Gasteiger partial charge in [0.1, 0.15) is 29.1 Å². The summed E-state index contributed by atoms with van der Waals surface area (Å²) < 4.78 is 57.9. The molecule has 0 spiro atoms. The van der Waals surface area contributed by atoms with E-state index in [0.29, 0.717) is 17.1 Å². The van der Waals surface area contributed by atoms with Gasteiger partial charge in [0.05, 0.1) is 19.1 Å². The van der Waals surface area contributed by atoms with Crippen molar-refractivity contribution in [3.8, 4) is 17.2 Å². The highest BCUT2D eigenvalue weighted by molar-refractivity contribution is 7.92. The number of methoxy groups -OCH3 is 2. The number of carbonyl (C=O) groups is 2. The number of nitrogens with one attached hydrogen (secondary N) is 2. The van der Waals surface area contributed by atoms with Crippen LogP contribution in [0.2, 0.25) is 0 Å². The van der Waals surface area contributed by atoms with Crippen LogP contribution in [0.1, 0.15) is 22.7 Å². The van der Waals surface area contributed by atoms with E-state index in [4.69, 9.17) is 14.2 Å². The number of hydrogen-bond donors (Lipinski definition) is 2. The molecule has 0 radical (unpaired) electrons. The van der Waals surface area contributed by atoms with Crippen molar-refractivity contribution in [3.63, 3.8) is 0 Å². The third-order valence-corrected chi connectivity index (χ3v) is 9.14. The largest absolute Gasteiger partial charge is 0.497 e. The summed E-state index contributed by atoms with van der Waals surface area (Å²) in [6.07, 6.45) is 0. The van der Waals surface area contributed by atoms with Gasteiger partial charge in [0.2, 0.25) is 5.91 Å². The third kappa shape index (κ3) is 9.17.